The highest BCUT2D eigenvalue weighted by Gasteiger charge is 2.01. The van der Waals surface area contributed by atoms with Crippen LogP contribution in [0.3, 0.4) is 0 Å². The van der Waals surface area contributed by atoms with Crippen molar-refractivity contribution >= 4 is 17.6 Å². The minimum atomic E-state index is -0.532. The topological polar surface area (TPSA) is 64.6 Å². The summed E-state index contributed by atoms with van der Waals surface area (Å²) >= 11 is 0. The van der Waals surface area contributed by atoms with E-state index in [1.165, 1.54) is 25.7 Å². The number of amides is 1. The van der Waals surface area contributed by atoms with Crippen LogP contribution in [0.5, 0.6) is 5.75 Å². The Morgan fingerprint density at radius 3 is 2.38 bits per heavy atom. The summed E-state index contributed by atoms with van der Waals surface area (Å²) in [7, 11) is 0. The zero-order valence-electron chi connectivity index (χ0n) is 14.5. The van der Waals surface area contributed by atoms with Crippen LogP contribution in [-0.4, -0.2) is 25.1 Å². The first-order valence-electron chi connectivity index (χ1n) is 8.54. The monoisotopic (exact) mass is 333 g/mol. The number of nitrogens with one attached hydrogen (secondary N) is 1. The summed E-state index contributed by atoms with van der Waals surface area (Å²) < 4.78 is 10.4. The molecule has 1 aromatic carbocycles. The van der Waals surface area contributed by atoms with E-state index in [0.717, 1.165) is 24.3 Å². The van der Waals surface area contributed by atoms with Gasteiger partial charge in [-0.3, -0.25) is 4.79 Å². The lowest BCUT2D eigenvalue weighted by molar-refractivity contribution is -0.137. The first-order valence-corrected chi connectivity index (χ1v) is 8.54. The summed E-state index contributed by atoms with van der Waals surface area (Å²) in [5.74, 6) is -0.131. The molecular weight excluding hydrogens is 306 g/mol. The number of ether oxygens (including phenoxy) is 2. The van der Waals surface area contributed by atoms with E-state index in [1.807, 2.05) is 12.1 Å². The molecule has 0 aliphatic heterocycles. The fraction of sp³-hybridized carbons (Fsp3) is 0.474. The molecule has 0 bridgehead atoms. The zero-order valence-corrected chi connectivity index (χ0v) is 14.5. The lowest BCUT2D eigenvalue weighted by atomic mass is 10.2. The van der Waals surface area contributed by atoms with Crippen molar-refractivity contribution in [2.24, 2.45) is 0 Å². The third kappa shape index (κ3) is 8.98. The van der Waals surface area contributed by atoms with Gasteiger partial charge >= 0.3 is 5.97 Å². The fourth-order valence-corrected chi connectivity index (χ4v) is 2.05. The molecule has 0 saturated heterocycles. The quantitative estimate of drug-likeness (QED) is 0.376. The molecule has 0 saturated carbocycles. The fourth-order valence-electron chi connectivity index (χ4n) is 2.05. The van der Waals surface area contributed by atoms with Crippen LogP contribution in [-0.2, 0) is 14.3 Å². The van der Waals surface area contributed by atoms with Gasteiger partial charge in [0.15, 0.2) is 0 Å². The van der Waals surface area contributed by atoms with Crippen molar-refractivity contribution in [2.45, 2.75) is 46.0 Å². The molecule has 1 amide bonds. The highest BCUT2D eigenvalue weighted by molar-refractivity contribution is 6.02. The number of anilines is 1. The molecule has 1 rings (SSSR count). The number of benzene rings is 1. The van der Waals surface area contributed by atoms with E-state index in [0.29, 0.717) is 12.3 Å². The van der Waals surface area contributed by atoms with Crippen molar-refractivity contribution in [1.82, 2.24) is 0 Å². The average molecular weight is 333 g/mol. The largest absolute Gasteiger partial charge is 0.494 e. The van der Waals surface area contributed by atoms with E-state index in [9.17, 15) is 9.59 Å². The number of carbonyl (C=O) groups excluding carboxylic acids is 2. The lowest BCUT2D eigenvalue weighted by Crippen LogP contribution is -2.09. The second kappa shape index (κ2) is 12.2. The molecule has 1 aromatic rings. The Morgan fingerprint density at radius 1 is 1.00 bits per heavy atom. The van der Waals surface area contributed by atoms with Crippen LogP contribution in [0, 0.1) is 0 Å². The minimum absolute atomic E-state index is 0.283. The Balaban J connectivity index is 2.31. The number of rotatable bonds is 11. The number of hydrogen-bond donors (Lipinski definition) is 1. The molecule has 0 unspecified atom stereocenters. The highest BCUT2D eigenvalue weighted by atomic mass is 16.5. The van der Waals surface area contributed by atoms with Crippen molar-refractivity contribution in [3.63, 3.8) is 0 Å². The van der Waals surface area contributed by atoms with E-state index >= 15 is 0 Å². The van der Waals surface area contributed by atoms with Crippen LogP contribution in [0.25, 0.3) is 0 Å². The van der Waals surface area contributed by atoms with E-state index in [4.69, 9.17) is 9.47 Å². The molecule has 0 fully saturated rings. The van der Waals surface area contributed by atoms with Crippen LogP contribution in [0.4, 0.5) is 5.69 Å². The van der Waals surface area contributed by atoms with Gasteiger partial charge in [0.2, 0.25) is 5.91 Å². The Hall–Kier alpha value is -2.30. The van der Waals surface area contributed by atoms with E-state index < -0.39 is 5.97 Å². The lowest BCUT2D eigenvalue weighted by Gasteiger charge is -2.07. The predicted octanol–water partition coefficient (Wildman–Crippen LogP) is 4.09. The molecule has 0 aliphatic rings. The summed E-state index contributed by atoms with van der Waals surface area (Å²) in [5, 5.41) is 2.67. The number of hydrogen-bond acceptors (Lipinski definition) is 4. The van der Waals surface area contributed by atoms with Crippen LogP contribution in [0.1, 0.15) is 46.0 Å². The summed E-state index contributed by atoms with van der Waals surface area (Å²) in [4.78, 5) is 22.8. The van der Waals surface area contributed by atoms with Crippen molar-refractivity contribution in [3.8, 4) is 5.75 Å². The molecule has 0 atom stereocenters. The van der Waals surface area contributed by atoms with Gasteiger partial charge in [-0.05, 0) is 37.6 Å². The standard InChI is InChI=1S/C19H27NO4/c1-3-5-6-7-8-15-24-17-11-9-16(10-12-17)20-18(21)13-14-19(22)23-4-2/h9-14H,3-8,15H2,1-2H3,(H,20,21). The van der Waals surface area contributed by atoms with Crippen molar-refractivity contribution in [2.75, 3.05) is 18.5 Å². The molecule has 5 heteroatoms. The summed E-state index contributed by atoms with van der Waals surface area (Å²) in [6, 6.07) is 7.17. The Morgan fingerprint density at radius 2 is 1.71 bits per heavy atom. The second-order valence-electron chi connectivity index (χ2n) is 5.36. The molecular formula is C19H27NO4. The van der Waals surface area contributed by atoms with Gasteiger partial charge < -0.3 is 14.8 Å². The number of unbranched alkanes of at least 4 members (excludes halogenated alkanes) is 4. The van der Waals surface area contributed by atoms with Crippen LogP contribution in [0.2, 0.25) is 0 Å². The van der Waals surface area contributed by atoms with Gasteiger partial charge in [0.05, 0.1) is 13.2 Å². The van der Waals surface area contributed by atoms with E-state index in [2.05, 4.69) is 12.2 Å². The Kier molecular flexibility index (Phi) is 10.0. The maximum absolute atomic E-state index is 11.7. The van der Waals surface area contributed by atoms with Gasteiger partial charge in [0.1, 0.15) is 5.75 Å². The van der Waals surface area contributed by atoms with E-state index in [-0.39, 0.29) is 12.5 Å². The highest BCUT2D eigenvalue weighted by Crippen LogP contribution is 2.16. The van der Waals surface area contributed by atoms with Gasteiger partial charge in [-0.1, -0.05) is 32.6 Å². The second-order valence-corrected chi connectivity index (χ2v) is 5.36. The number of esters is 1. The van der Waals surface area contributed by atoms with Crippen molar-refractivity contribution in [3.05, 3.63) is 36.4 Å². The first-order chi connectivity index (χ1) is 11.7. The molecule has 24 heavy (non-hydrogen) atoms. The summed E-state index contributed by atoms with van der Waals surface area (Å²) in [6.45, 7) is 4.90. The Bertz CT molecular complexity index is 523. The minimum Gasteiger partial charge on any atom is -0.494 e. The number of carbonyl (C=O) groups is 2. The van der Waals surface area contributed by atoms with Crippen LogP contribution < -0.4 is 10.1 Å². The molecule has 0 radical (unpaired) electrons. The maximum atomic E-state index is 11.7. The summed E-state index contributed by atoms with van der Waals surface area (Å²) in [6.07, 6.45) is 8.27. The van der Waals surface area contributed by atoms with Gasteiger partial charge in [-0.15, -0.1) is 0 Å². The van der Waals surface area contributed by atoms with Crippen LogP contribution in [0.15, 0.2) is 36.4 Å². The van der Waals surface area contributed by atoms with Crippen molar-refractivity contribution in [1.29, 1.82) is 0 Å². The maximum Gasteiger partial charge on any atom is 0.330 e. The van der Waals surface area contributed by atoms with Gasteiger partial charge in [0, 0.05) is 17.8 Å². The van der Waals surface area contributed by atoms with Crippen LogP contribution >= 0.6 is 0 Å². The molecule has 132 valence electrons. The first kappa shape index (κ1) is 19.7. The normalized spacial score (nSPS) is 10.6. The van der Waals surface area contributed by atoms with E-state index in [1.54, 1.807) is 19.1 Å². The third-order valence-corrected chi connectivity index (χ3v) is 3.30. The average Bonchev–Trinajstić information content (AvgIpc) is 2.58. The zero-order chi connectivity index (χ0) is 17.6. The van der Waals surface area contributed by atoms with Gasteiger partial charge in [-0.2, -0.15) is 0 Å². The van der Waals surface area contributed by atoms with Gasteiger partial charge in [-0.25, -0.2) is 4.79 Å². The molecule has 0 heterocycles. The third-order valence-electron chi connectivity index (χ3n) is 3.30. The van der Waals surface area contributed by atoms with Crippen molar-refractivity contribution < 1.29 is 19.1 Å². The molecule has 0 aromatic heterocycles. The molecule has 1 N–H and O–H groups in total. The molecule has 5 nitrogen and oxygen atoms in total. The van der Waals surface area contributed by atoms with Gasteiger partial charge in [0.25, 0.3) is 0 Å². The molecule has 0 aliphatic carbocycles. The Labute approximate surface area is 144 Å². The SMILES string of the molecule is CCCCCCCOc1ccc(NC(=O)C=CC(=O)OCC)cc1. The predicted molar refractivity (Wildman–Crippen MR) is 95.1 cm³/mol. The smallest absolute Gasteiger partial charge is 0.330 e. The summed E-state index contributed by atoms with van der Waals surface area (Å²) in [5.41, 5.74) is 0.642. The molecule has 0 spiro atoms.